The van der Waals surface area contributed by atoms with Gasteiger partial charge in [-0.2, -0.15) is 0 Å². The van der Waals surface area contributed by atoms with Crippen molar-refractivity contribution in [1.29, 1.82) is 0 Å². The zero-order valence-corrected chi connectivity index (χ0v) is 26.2. The topological polar surface area (TPSA) is 191 Å². The van der Waals surface area contributed by atoms with Gasteiger partial charge in [-0.05, 0) is 25.8 Å². The van der Waals surface area contributed by atoms with E-state index >= 15 is 0 Å². The summed E-state index contributed by atoms with van der Waals surface area (Å²) in [5.74, 6) is -6.23. The van der Waals surface area contributed by atoms with Crippen molar-refractivity contribution in [3.05, 3.63) is 23.8 Å². The molecule has 5 aliphatic rings. The van der Waals surface area contributed by atoms with E-state index < -0.39 is 107 Å². The first kappa shape index (κ1) is 32.6. The molecule has 5 rings (SSSR count). The molecule has 1 aliphatic carbocycles. The Labute approximate surface area is 259 Å². The Morgan fingerprint density at radius 1 is 1.02 bits per heavy atom. The highest BCUT2D eigenvalue weighted by Crippen LogP contribution is 2.71. The molecule has 4 aliphatic heterocycles. The van der Waals surface area contributed by atoms with Crippen LogP contribution in [0, 0.1) is 22.7 Å². The van der Waals surface area contributed by atoms with Gasteiger partial charge in [-0.1, -0.05) is 20.4 Å². The van der Waals surface area contributed by atoms with Gasteiger partial charge in [-0.3, -0.25) is 19.2 Å². The Morgan fingerprint density at radius 2 is 1.67 bits per heavy atom. The maximum atomic E-state index is 13.3. The number of carbonyl (C=O) groups excluding carboxylic acids is 6. The highest BCUT2D eigenvalue weighted by Gasteiger charge is 2.83. The summed E-state index contributed by atoms with van der Waals surface area (Å²) in [6.45, 7) is 13.4. The van der Waals surface area contributed by atoms with Crippen molar-refractivity contribution in [2.45, 2.75) is 103 Å². The van der Waals surface area contributed by atoms with Gasteiger partial charge in [-0.15, -0.1) is 0 Å². The summed E-state index contributed by atoms with van der Waals surface area (Å²) >= 11 is 0. The first-order valence-corrected chi connectivity index (χ1v) is 14.6. The lowest BCUT2D eigenvalue weighted by Crippen LogP contribution is -2.66. The second kappa shape index (κ2) is 10.6. The molecular formula is C31H38O14. The molecule has 0 amide bonds. The highest BCUT2D eigenvalue weighted by atomic mass is 16.7. The van der Waals surface area contributed by atoms with Gasteiger partial charge in [0.05, 0.1) is 20.0 Å². The molecule has 0 radical (unpaired) electrons. The van der Waals surface area contributed by atoms with Crippen molar-refractivity contribution in [3.8, 4) is 0 Å². The van der Waals surface area contributed by atoms with Gasteiger partial charge in [0, 0.05) is 48.2 Å². The van der Waals surface area contributed by atoms with E-state index in [1.807, 2.05) is 0 Å². The quantitative estimate of drug-likeness (QED) is 0.190. The molecule has 1 saturated carbocycles. The Morgan fingerprint density at radius 3 is 2.22 bits per heavy atom. The Bertz CT molecular complexity index is 1410. The number of aliphatic hydroxyl groups excluding tert-OH is 1. The normalized spacial score (nSPS) is 41.6. The lowest BCUT2D eigenvalue weighted by Gasteiger charge is -2.59. The van der Waals surface area contributed by atoms with Gasteiger partial charge in [0.2, 0.25) is 6.29 Å². The average molecular weight is 635 g/mol. The molecule has 4 heterocycles. The van der Waals surface area contributed by atoms with E-state index in [-0.39, 0.29) is 24.0 Å². The minimum Gasteiger partial charge on any atom is -0.469 e. The number of hydrogen-bond acceptors (Lipinski definition) is 14. The molecule has 4 fully saturated rings. The fraction of sp³-hybridized carbons (Fsp3) is 0.677. The molecule has 0 aromatic carbocycles. The molecule has 246 valence electrons. The average Bonchev–Trinajstić information content (AvgIpc) is 3.61. The highest BCUT2D eigenvalue weighted by molar-refractivity contribution is 5.88. The molecule has 2 unspecified atom stereocenters. The van der Waals surface area contributed by atoms with Gasteiger partial charge < -0.3 is 38.3 Å². The van der Waals surface area contributed by atoms with Crippen LogP contribution in [0.5, 0.6) is 0 Å². The van der Waals surface area contributed by atoms with Crippen molar-refractivity contribution < 1.29 is 67.0 Å². The number of epoxide rings is 1. The van der Waals surface area contributed by atoms with Gasteiger partial charge >= 0.3 is 35.8 Å². The van der Waals surface area contributed by atoms with Crippen LogP contribution in [0.25, 0.3) is 0 Å². The first-order chi connectivity index (χ1) is 20.8. The van der Waals surface area contributed by atoms with E-state index in [4.69, 9.17) is 33.2 Å². The summed E-state index contributed by atoms with van der Waals surface area (Å²) in [7, 11) is 1.21. The predicted octanol–water partition coefficient (Wildman–Crippen LogP) is 1.21. The third-order valence-corrected chi connectivity index (χ3v) is 10.3. The summed E-state index contributed by atoms with van der Waals surface area (Å²) in [5, 5.41) is 10.6. The van der Waals surface area contributed by atoms with E-state index in [2.05, 4.69) is 6.58 Å². The van der Waals surface area contributed by atoms with Gasteiger partial charge in [0.1, 0.15) is 29.5 Å². The zero-order chi connectivity index (χ0) is 33.4. The van der Waals surface area contributed by atoms with Crippen LogP contribution < -0.4 is 0 Å². The van der Waals surface area contributed by atoms with Crippen LogP contribution in [0.4, 0.5) is 0 Å². The fourth-order valence-corrected chi connectivity index (χ4v) is 8.58. The standard InChI is InChI=1S/C31H38O14/c1-13-23(30(7)18(10-20(34)39-8)28(4,5)44-22(36)11-19(30)41-15(3)33)17(40-14(2)32)12-29(6)24(16-9-21(35)42-26(16)37)43-27(38)25-31(13,29)45-25/h9,17-19,23-26,37H,1,10-12H2,2-8H3/t17-,18-,19?,23+,24-,25+,26?,29-,30+,31+/m0/s1. The molecular weight excluding hydrogens is 596 g/mol. The smallest absolute Gasteiger partial charge is 0.339 e. The van der Waals surface area contributed by atoms with Crippen molar-refractivity contribution in [2.75, 3.05) is 7.11 Å². The number of rotatable bonds is 6. The number of aliphatic hydroxyl groups is 1. The van der Waals surface area contributed by atoms with Crippen LogP contribution in [-0.4, -0.2) is 89.9 Å². The number of methoxy groups -OCH3 is 1. The van der Waals surface area contributed by atoms with Crippen molar-refractivity contribution in [1.82, 2.24) is 0 Å². The van der Waals surface area contributed by atoms with Crippen LogP contribution in [-0.2, 0) is 61.9 Å². The Kier molecular flexibility index (Phi) is 7.72. The SMILES string of the molecule is C=C1[C@@H]([C@@]2(C)C(OC(C)=O)CC(=O)OC(C)(C)[C@@H]2CC(=O)OC)[C@@H](OC(C)=O)C[C@@]2(C)[C@H](C3=CC(=O)OC3O)OC(=O)[C@H]3O[C@]132. The third kappa shape index (κ3) is 4.84. The maximum absolute atomic E-state index is 13.3. The van der Waals surface area contributed by atoms with E-state index in [1.54, 1.807) is 27.7 Å². The number of ether oxygens (including phenoxy) is 7. The second-order valence-electron chi connectivity index (χ2n) is 13.3. The van der Waals surface area contributed by atoms with Crippen LogP contribution >= 0.6 is 0 Å². The molecule has 14 heteroatoms. The summed E-state index contributed by atoms with van der Waals surface area (Å²) in [6.07, 6.45) is -6.10. The van der Waals surface area contributed by atoms with E-state index in [1.165, 1.54) is 21.0 Å². The Balaban J connectivity index is 1.73. The summed E-state index contributed by atoms with van der Waals surface area (Å²) < 4.78 is 39.4. The summed E-state index contributed by atoms with van der Waals surface area (Å²) in [5.41, 5.74) is -5.27. The number of carbonyl (C=O) groups is 6. The van der Waals surface area contributed by atoms with Crippen molar-refractivity contribution in [2.24, 2.45) is 22.7 Å². The Hall–Kier alpha value is -3.78. The number of cyclic esters (lactones) is 3. The van der Waals surface area contributed by atoms with Crippen LogP contribution in [0.2, 0.25) is 0 Å². The lowest BCUT2D eigenvalue weighted by atomic mass is 9.47. The molecule has 10 atom stereocenters. The molecule has 0 aromatic rings. The summed E-state index contributed by atoms with van der Waals surface area (Å²) in [4.78, 5) is 76.6. The minimum atomic E-state index is -1.70. The van der Waals surface area contributed by atoms with Crippen molar-refractivity contribution in [3.63, 3.8) is 0 Å². The van der Waals surface area contributed by atoms with Gasteiger partial charge in [0.15, 0.2) is 6.10 Å². The van der Waals surface area contributed by atoms with E-state index in [0.29, 0.717) is 0 Å². The van der Waals surface area contributed by atoms with Gasteiger partial charge in [-0.25, -0.2) is 9.59 Å². The zero-order valence-electron chi connectivity index (χ0n) is 26.2. The number of esters is 6. The molecule has 0 bridgehead atoms. The van der Waals surface area contributed by atoms with E-state index in [0.717, 1.165) is 6.08 Å². The predicted molar refractivity (Wildman–Crippen MR) is 147 cm³/mol. The number of hydrogen-bond donors (Lipinski definition) is 1. The monoisotopic (exact) mass is 634 g/mol. The molecule has 3 saturated heterocycles. The largest absolute Gasteiger partial charge is 0.469 e. The summed E-state index contributed by atoms with van der Waals surface area (Å²) in [6, 6.07) is 0. The fourth-order valence-electron chi connectivity index (χ4n) is 8.58. The van der Waals surface area contributed by atoms with Gasteiger partial charge in [0.25, 0.3) is 0 Å². The molecule has 1 N–H and O–H groups in total. The van der Waals surface area contributed by atoms with Crippen LogP contribution in [0.1, 0.15) is 60.8 Å². The molecule has 1 spiro atoms. The third-order valence-electron chi connectivity index (χ3n) is 10.3. The molecule has 45 heavy (non-hydrogen) atoms. The first-order valence-electron chi connectivity index (χ1n) is 14.6. The van der Waals surface area contributed by atoms with E-state index in [9.17, 15) is 33.9 Å². The van der Waals surface area contributed by atoms with Crippen LogP contribution in [0.15, 0.2) is 23.8 Å². The molecule has 14 nitrogen and oxygen atoms in total. The lowest BCUT2D eigenvalue weighted by molar-refractivity contribution is -0.199. The maximum Gasteiger partial charge on any atom is 0.339 e. The van der Waals surface area contributed by atoms with Crippen molar-refractivity contribution >= 4 is 35.8 Å². The molecule has 0 aromatic heterocycles. The van der Waals surface area contributed by atoms with Crippen LogP contribution in [0.3, 0.4) is 0 Å². The second-order valence-corrected chi connectivity index (χ2v) is 13.3. The minimum absolute atomic E-state index is 0.0147.